The number of ether oxygens (including phenoxy) is 1. The summed E-state index contributed by atoms with van der Waals surface area (Å²) < 4.78 is 18.1. The fraction of sp³-hybridized carbons (Fsp3) is 0.500. The lowest BCUT2D eigenvalue weighted by Gasteiger charge is -2.22. The van der Waals surface area contributed by atoms with Crippen LogP contribution in [-0.4, -0.2) is 23.5 Å². The number of hydrogen-bond donors (Lipinski definition) is 1. The third-order valence-electron chi connectivity index (χ3n) is 3.38. The SMILES string of the molecule is CCCC[C@H](/C=C/C(=O)Cc1ccc(F)cc1)NC(=O)OC(C)(C)C. The van der Waals surface area contributed by atoms with Crippen LogP contribution in [0.3, 0.4) is 0 Å². The maximum atomic E-state index is 12.9. The monoisotopic (exact) mass is 349 g/mol. The van der Waals surface area contributed by atoms with Crippen molar-refractivity contribution in [2.24, 2.45) is 0 Å². The topological polar surface area (TPSA) is 55.4 Å². The molecule has 0 bridgehead atoms. The minimum Gasteiger partial charge on any atom is -0.444 e. The standard InChI is InChI=1S/C20H28FNO3/c1-5-6-7-17(22-19(24)25-20(2,3)4)12-13-18(23)14-15-8-10-16(21)11-9-15/h8-13,17H,5-7,14H2,1-4H3,(H,22,24)/b13-12+/t17-/m1/s1. The highest BCUT2D eigenvalue weighted by Crippen LogP contribution is 2.09. The van der Waals surface area contributed by atoms with Crippen molar-refractivity contribution in [3.63, 3.8) is 0 Å². The number of hydrogen-bond acceptors (Lipinski definition) is 3. The molecule has 4 nitrogen and oxygen atoms in total. The summed E-state index contributed by atoms with van der Waals surface area (Å²) in [5.41, 5.74) is 0.183. The van der Waals surface area contributed by atoms with E-state index in [1.807, 2.05) is 0 Å². The number of benzene rings is 1. The molecule has 1 N–H and O–H groups in total. The van der Waals surface area contributed by atoms with Gasteiger partial charge in [-0.3, -0.25) is 4.79 Å². The largest absolute Gasteiger partial charge is 0.444 e. The lowest BCUT2D eigenvalue weighted by Crippen LogP contribution is -2.38. The summed E-state index contributed by atoms with van der Waals surface area (Å²) in [7, 11) is 0. The number of alkyl carbamates (subject to hydrolysis) is 1. The van der Waals surface area contributed by atoms with E-state index < -0.39 is 11.7 Å². The highest BCUT2D eigenvalue weighted by atomic mass is 19.1. The van der Waals surface area contributed by atoms with Crippen LogP contribution in [0.25, 0.3) is 0 Å². The van der Waals surface area contributed by atoms with E-state index in [0.717, 1.165) is 24.8 Å². The van der Waals surface area contributed by atoms with Gasteiger partial charge >= 0.3 is 6.09 Å². The van der Waals surface area contributed by atoms with Crippen LogP contribution >= 0.6 is 0 Å². The highest BCUT2D eigenvalue weighted by molar-refractivity contribution is 5.91. The van der Waals surface area contributed by atoms with E-state index in [4.69, 9.17) is 4.74 Å². The van der Waals surface area contributed by atoms with Crippen molar-refractivity contribution in [3.05, 3.63) is 47.8 Å². The Labute approximate surface area is 149 Å². The van der Waals surface area contributed by atoms with Crippen molar-refractivity contribution >= 4 is 11.9 Å². The van der Waals surface area contributed by atoms with Gasteiger partial charge in [-0.15, -0.1) is 0 Å². The number of amides is 1. The Morgan fingerprint density at radius 1 is 1.24 bits per heavy atom. The highest BCUT2D eigenvalue weighted by Gasteiger charge is 2.18. The minimum atomic E-state index is -0.568. The third kappa shape index (κ3) is 9.65. The molecule has 0 aliphatic rings. The Kier molecular flexibility index (Phi) is 8.32. The molecule has 0 saturated heterocycles. The van der Waals surface area contributed by atoms with Crippen LogP contribution in [0.15, 0.2) is 36.4 Å². The Morgan fingerprint density at radius 3 is 2.44 bits per heavy atom. The van der Waals surface area contributed by atoms with E-state index in [-0.39, 0.29) is 24.1 Å². The van der Waals surface area contributed by atoms with Gasteiger partial charge in [0, 0.05) is 6.42 Å². The first-order chi connectivity index (χ1) is 11.7. The second-order valence-electron chi connectivity index (χ2n) is 7.02. The number of unbranched alkanes of at least 4 members (excludes halogenated alkanes) is 1. The molecule has 138 valence electrons. The number of carbonyl (C=O) groups excluding carboxylic acids is 2. The number of carbonyl (C=O) groups is 2. The molecule has 1 rings (SSSR count). The van der Waals surface area contributed by atoms with Gasteiger partial charge in [0.25, 0.3) is 0 Å². The predicted octanol–water partition coefficient (Wildman–Crippen LogP) is 4.58. The smallest absolute Gasteiger partial charge is 0.408 e. The van der Waals surface area contributed by atoms with Gasteiger partial charge in [0.15, 0.2) is 5.78 Å². The first-order valence-corrected chi connectivity index (χ1v) is 8.64. The van der Waals surface area contributed by atoms with Crippen LogP contribution in [0.1, 0.15) is 52.5 Å². The van der Waals surface area contributed by atoms with E-state index in [2.05, 4.69) is 12.2 Å². The second-order valence-corrected chi connectivity index (χ2v) is 7.02. The van der Waals surface area contributed by atoms with Gasteiger partial charge in [0.2, 0.25) is 0 Å². The molecule has 0 aliphatic carbocycles. The zero-order valence-corrected chi connectivity index (χ0v) is 15.5. The fourth-order valence-electron chi connectivity index (χ4n) is 2.19. The third-order valence-corrected chi connectivity index (χ3v) is 3.38. The van der Waals surface area contributed by atoms with Crippen molar-refractivity contribution < 1.29 is 18.7 Å². The summed E-state index contributed by atoms with van der Waals surface area (Å²) in [6.45, 7) is 7.47. The molecule has 0 saturated carbocycles. The first kappa shape index (κ1) is 20.9. The van der Waals surface area contributed by atoms with E-state index in [0.29, 0.717) is 0 Å². The molecule has 1 aromatic rings. The van der Waals surface area contributed by atoms with E-state index in [9.17, 15) is 14.0 Å². The molecule has 0 unspecified atom stereocenters. The summed E-state index contributed by atoms with van der Waals surface area (Å²) in [5.74, 6) is -0.424. The number of halogens is 1. The quantitative estimate of drug-likeness (QED) is 0.699. The Morgan fingerprint density at radius 2 is 1.88 bits per heavy atom. The van der Waals surface area contributed by atoms with Gasteiger partial charge in [0.1, 0.15) is 11.4 Å². The van der Waals surface area contributed by atoms with Crippen LogP contribution in [0.2, 0.25) is 0 Å². The summed E-state index contributed by atoms with van der Waals surface area (Å²) in [6, 6.07) is 5.59. The molecule has 1 aromatic carbocycles. The summed E-state index contributed by atoms with van der Waals surface area (Å²) in [5, 5.41) is 2.79. The van der Waals surface area contributed by atoms with Crippen LogP contribution in [0.4, 0.5) is 9.18 Å². The second kappa shape index (κ2) is 9.97. The molecule has 25 heavy (non-hydrogen) atoms. The average Bonchev–Trinajstić information content (AvgIpc) is 2.50. The van der Waals surface area contributed by atoms with Gasteiger partial charge in [0.05, 0.1) is 6.04 Å². The molecule has 0 fully saturated rings. The molecule has 0 aromatic heterocycles. The average molecular weight is 349 g/mol. The number of rotatable bonds is 8. The zero-order valence-electron chi connectivity index (χ0n) is 15.5. The fourth-order valence-corrected chi connectivity index (χ4v) is 2.19. The Hall–Kier alpha value is -2.17. The predicted molar refractivity (Wildman–Crippen MR) is 96.9 cm³/mol. The molecule has 0 radical (unpaired) electrons. The van der Waals surface area contributed by atoms with Gasteiger partial charge in [-0.05, 0) is 51.0 Å². The maximum absolute atomic E-state index is 12.9. The number of nitrogens with one attached hydrogen (secondary N) is 1. The molecular weight excluding hydrogens is 321 g/mol. The number of ketones is 1. The number of allylic oxidation sites excluding steroid dienone is 1. The van der Waals surface area contributed by atoms with Crippen molar-refractivity contribution in [3.8, 4) is 0 Å². The molecular formula is C20H28FNO3. The van der Waals surface area contributed by atoms with Crippen LogP contribution in [-0.2, 0) is 16.0 Å². The first-order valence-electron chi connectivity index (χ1n) is 8.64. The molecule has 1 amide bonds. The van der Waals surface area contributed by atoms with Crippen molar-refractivity contribution in [2.45, 2.75) is 65.0 Å². The summed E-state index contributed by atoms with van der Waals surface area (Å²) in [6.07, 6.45) is 5.52. The van der Waals surface area contributed by atoms with Crippen molar-refractivity contribution in [2.75, 3.05) is 0 Å². The molecule has 1 atom stereocenters. The van der Waals surface area contributed by atoms with Crippen molar-refractivity contribution in [1.82, 2.24) is 5.32 Å². The van der Waals surface area contributed by atoms with Gasteiger partial charge in [-0.25, -0.2) is 9.18 Å². The molecule has 0 spiro atoms. The maximum Gasteiger partial charge on any atom is 0.408 e. The Bertz CT molecular complexity index is 588. The minimum absolute atomic E-state index is 0.0981. The molecule has 0 heterocycles. The van der Waals surface area contributed by atoms with Crippen molar-refractivity contribution in [1.29, 1.82) is 0 Å². The molecule has 5 heteroatoms. The lowest BCUT2D eigenvalue weighted by atomic mass is 10.1. The van der Waals surface area contributed by atoms with E-state index >= 15 is 0 Å². The summed E-state index contributed by atoms with van der Waals surface area (Å²) >= 11 is 0. The lowest BCUT2D eigenvalue weighted by molar-refractivity contribution is -0.114. The van der Waals surface area contributed by atoms with E-state index in [1.54, 1.807) is 39.0 Å². The van der Waals surface area contributed by atoms with E-state index in [1.165, 1.54) is 18.2 Å². The van der Waals surface area contributed by atoms with Gasteiger partial charge < -0.3 is 10.1 Å². The summed E-state index contributed by atoms with van der Waals surface area (Å²) in [4.78, 5) is 24.0. The zero-order chi connectivity index (χ0) is 18.9. The van der Waals surface area contributed by atoms with Gasteiger partial charge in [-0.2, -0.15) is 0 Å². The van der Waals surface area contributed by atoms with Crippen LogP contribution < -0.4 is 5.32 Å². The Balaban J connectivity index is 2.62. The van der Waals surface area contributed by atoms with Crippen LogP contribution in [0.5, 0.6) is 0 Å². The van der Waals surface area contributed by atoms with Crippen LogP contribution in [0, 0.1) is 5.82 Å². The van der Waals surface area contributed by atoms with Gasteiger partial charge in [-0.1, -0.05) is 38.0 Å². The molecule has 0 aliphatic heterocycles. The normalized spacial score (nSPS) is 12.8.